The van der Waals surface area contributed by atoms with Crippen LogP contribution in [0.4, 0.5) is 0 Å². The summed E-state index contributed by atoms with van der Waals surface area (Å²) in [5.74, 6) is 0.524. The fraction of sp³-hybridized carbons (Fsp3) is 0.429. The number of ether oxygens (including phenoxy) is 1. The average Bonchev–Trinajstić information content (AvgIpc) is 2.29. The summed E-state index contributed by atoms with van der Waals surface area (Å²) in [6.45, 7) is 5.97. The van der Waals surface area contributed by atoms with E-state index in [0.29, 0.717) is 5.92 Å². The van der Waals surface area contributed by atoms with Crippen molar-refractivity contribution in [2.45, 2.75) is 26.2 Å². The topological polar surface area (TPSA) is 9.23 Å². The largest absolute Gasteiger partial charge is 0.377 e. The van der Waals surface area contributed by atoms with Crippen LogP contribution >= 0.6 is 11.6 Å². The SMILES string of the molecule is CC(C)c1ccc(Cl)cc1C1=CCOCC1. The van der Waals surface area contributed by atoms with Crippen LogP contribution in [0.5, 0.6) is 0 Å². The molecule has 0 saturated carbocycles. The van der Waals surface area contributed by atoms with Gasteiger partial charge in [0.25, 0.3) is 0 Å². The Morgan fingerprint density at radius 1 is 1.31 bits per heavy atom. The molecule has 0 amide bonds. The van der Waals surface area contributed by atoms with Gasteiger partial charge in [-0.25, -0.2) is 0 Å². The van der Waals surface area contributed by atoms with Crippen LogP contribution in [0.1, 0.15) is 37.3 Å². The summed E-state index contributed by atoms with van der Waals surface area (Å²) in [5.41, 5.74) is 4.04. The average molecular weight is 237 g/mol. The lowest BCUT2D eigenvalue weighted by atomic mass is 9.90. The molecule has 16 heavy (non-hydrogen) atoms. The van der Waals surface area contributed by atoms with Crippen LogP contribution in [-0.2, 0) is 4.74 Å². The molecule has 2 heteroatoms. The quantitative estimate of drug-likeness (QED) is 0.745. The molecule has 0 atom stereocenters. The van der Waals surface area contributed by atoms with E-state index in [9.17, 15) is 0 Å². The maximum atomic E-state index is 6.08. The second-order valence-electron chi connectivity index (χ2n) is 4.44. The monoisotopic (exact) mass is 236 g/mol. The van der Waals surface area contributed by atoms with E-state index in [-0.39, 0.29) is 0 Å². The first-order valence-corrected chi connectivity index (χ1v) is 6.13. The van der Waals surface area contributed by atoms with Crippen LogP contribution in [-0.4, -0.2) is 13.2 Å². The zero-order chi connectivity index (χ0) is 11.5. The molecule has 0 radical (unpaired) electrons. The van der Waals surface area contributed by atoms with Crippen LogP contribution in [0.3, 0.4) is 0 Å². The molecule has 0 bridgehead atoms. The van der Waals surface area contributed by atoms with Crippen molar-refractivity contribution in [2.24, 2.45) is 0 Å². The van der Waals surface area contributed by atoms with Gasteiger partial charge in [-0.15, -0.1) is 0 Å². The second kappa shape index (κ2) is 5.03. The Balaban J connectivity index is 2.44. The molecule has 1 heterocycles. The van der Waals surface area contributed by atoms with Gasteiger partial charge >= 0.3 is 0 Å². The van der Waals surface area contributed by atoms with Crippen LogP contribution < -0.4 is 0 Å². The molecule has 0 N–H and O–H groups in total. The third kappa shape index (κ3) is 2.47. The minimum atomic E-state index is 0.524. The van der Waals surface area contributed by atoms with E-state index in [2.05, 4.69) is 32.1 Å². The van der Waals surface area contributed by atoms with Gasteiger partial charge in [0.15, 0.2) is 0 Å². The number of hydrogen-bond acceptors (Lipinski definition) is 1. The fourth-order valence-corrected chi connectivity index (χ4v) is 2.25. The summed E-state index contributed by atoms with van der Waals surface area (Å²) in [6, 6.07) is 6.19. The Hall–Kier alpha value is -0.790. The van der Waals surface area contributed by atoms with Crippen molar-refractivity contribution >= 4 is 17.2 Å². The van der Waals surface area contributed by atoms with E-state index in [1.165, 1.54) is 16.7 Å². The van der Waals surface area contributed by atoms with Gasteiger partial charge in [-0.2, -0.15) is 0 Å². The lowest BCUT2D eigenvalue weighted by Gasteiger charge is -2.19. The third-order valence-corrected chi connectivity index (χ3v) is 3.18. The summed E-state index contributed by atoms with van der Waals surface area (Å²) in [5, 5.41) is 0.812. The van der Waals surface area contributed by atoms with Crippen LogP contribution in [0.2, 0.25) is 5.02 Å². The molecule has 0 saturated heterocycles. The smallest absolute Gasteiger partial charge is 0.0653 e. The molecular formula is C14H17ClO. The molecule has 1 aromatic carbocycles. The van der Waals surface area contributed by atoms with Crippen molar-refractivity contribution in [3.8, 4) is 0 Å². The van der Waals surface area contributed by atoms with E-state index in [1.54, 1.807) is 0 Å². The zero-order valence-corrected chi connectivity index (χ0v) is 10.6. The van der Waals surface area contributed by atoms with Gasteiger partial charge in [0, 0.05) is 5.02 Å². The van der Waals surface area contributed by atoms with Crippen molar-refractivity contribution in [2.75, 3.05) is 13.2 Å². The molecule has 0 aliphatic carbocycles. The molecule has 0 fully saturated rings. The van der Waals surface area contributed by atoms with Gasteiger partial charge < -0.3 is 4.74 Å². The van der Waals surface area contributed by atoms with Crippen LogP contribution in [0.15, 0.2) is 24.3 Å². The molecule has 0 aromatic heterocycles. The number of hydrogen-bond donors (Lipinski definition) is 0. The molecule has 2 rings (SSSR count). The van der Waals surface area contributed by atoms with Gasteiger partial charge in [-0.1, -0.05) is 37.6 Å². The predicted molar refractivity (Wildman–Crippen MR) is 69.0 cm³/mol. The Morgan fingerprint density at radius 2 is 2.12 bits per heavy atom. The highest BCUT2D eigenvalue weighted by atomic mass is 35.5. The Morgan fingerprint density at radius 3 is 2.75 bits per heavy atom. The first-order valence-electron chi connectivity index (χ1n) is 5.75. The summed E-state index contributed by atoms with van der Waals surface area (Å²) < 4.78 is 5.34. The van der Waals surface area contributed by atoms with Gasteiger partial charge in [0.2, 0.25) is 0 Å². The summed E-state index contributed by atoms with van der Waals surface area (Å²) in [7, 11) is 0. The fourth-order valence-electron chi connectivity index (χ4n) is 2.08. The van der Waals surface area contributed by atoms with Crippen molar-refractivity contribution in [3.63, 3.8) is 0 Å². The highest BCUT2D eigenvalue weighted by molar-refractivity contribution is 6.30. The van der Waals surface area contributed by atoms with Gasteiger partial charge in [-0.3, -0.25) is 0 Å². The minimum absolute atomic E-state index is 0.524. The van der Waals surface area contributed by atoms with Gasteiger partial charge in [-0.05, 0) is 41.2 Å². The lowest BCUT2D eigenvalue weighted by molar-refractivity contribution is 0.161. The molecule has 1 aliphatic rings. The van der Waals surface area contributed by atoms with E-state index in [4.69, 9.17) is 16.3 Å². The molecule has 1 nitrogen and oxygen atoms in total. The third-order valence-electron chi connectivity index (χ3n) is 2.95. The lowest BCUT2D eigenvalue weighted by Crippen LogP contribution is -2.06. The van der Waals surface area contributed by atoms with E-state index in [1.807, 2.05) is 6.07 Å². The summed E-state index contributed by atoms with van der Waals surface area (Å²) >= 11 is 6.08. The van der Waals surface area contributed by atoms with Crippen molar-refractivity contribution in [1.82, 2.24) is 0 Å². The summed E-state index contributed by atoms with van der Waals surface area (Å²) in [6.07, 6.45) is 3.15. The maximum absolute atomic E-state index is 6.08. The highest BCUT2D eigenvalue weighted by Crippen LogP contribution is 2.31. The Kier molecular flexibility index (Phi) is 3.67. The predicted octanol–water partition coefficient (Wildman–Crippen LogP) is 4.27. The number of halogens is 1. The number of rotatable bonds is 2. The Bertz CT molecular complexity index is 407. The van der Waals surface area contributed by atoms with Gasteiger partial charge in [0.1, 0.15) is 0 Å². The minimum Gasteiger partial charge on any atom is -0.377 e. The molecule has 0 unspecified atom stereocenters. The first-order chi connectivity index (χ1) is 7.68. The molecule has 86 valence electrons. The first kappa shape index (κ1) is 11.7. The van der Waals surface area contributed by atoms with Gasteiger partial charge in [0.05, 0.1) is 13.2 Å². The molecular weight excluding hydrogens is 220 g/mol. The van der Waals surface area contributed by atoms with Crippen LogP contribution in [0.25, 0.3) is 5.57 Å². The van der Waals surface area contributed by atoms with Crippen molar-refractivity contribution < 1.29 is 4.74 Å². The molecule has 1 aliphatic heterocycles. The maximum Gasteiger partial charge on any atom is 0.0653 e. The van der Waals surface area contributed by atoms with Crippen molar-refractivity contribution in [1.29, 1.82) is 0 Å². The Labute approximate surface area is 102 Å². The van der Waals surface area contributed by atoms with Crippen LogP contribution in [0, 0.1) is 0 Å². The van der Waals surface area contributed by atoms with Crippen molar-refractivity contribution in [3.05, 3.63) is 40.4 Å². The number of benzene rings is 1. The highest BCUT2D eigenvalue weighted by Gasteiger charge is 2.13. The normalized spacial score (nSPS) is 16.4. The standard InChI is InChI=1S/C14H17ClO/c1-10(2)13-4-3-12(15)9-14(13)11-5-7-16-8-6-11/h3-5,9-10H,6-8H2,1-2H3. The van der Waals surface area contributed by atoms with E-state index in [0.717, 1.165) is 24.7 Å². The van der Waals surface area contributed by atoms with E-state index < -0.39 is 0 Å². The second-order valence-corrected chi connectivity index (χ2v) is 4.88. The molecule has 1 aromatic rings. The molecule has 0 spiro atoms. The van der Waals surface area contributed by atoms with E-state index >= 15 is 0 Å². The zero-order valence-electron chi connectivity index (χ0n) is 9.79. The summed E-state index contributed by atoms with van der Waals surface area (Å²) in [4.78, 5) is 0.